The smallest absolute Gasteiger partial charge is 0.243 e. The molecule has 0 aliphatic rings. The Labute approximate surface area is 167 Å². The van der Waals surface area contributed by atoms with Crippen LogP contribution < -0.4 is 5.32 Å². The maximum Gasteiger partial charge on any atom is 0.243 e. The van der Waals surface area contributed by atoms with E-state index in [1.54, 1.807) is 7.05 Å². The lowest BCUT2D eigenvalue weighted by Crippen LogP contribution is -2.35. The molecule has 26 heavy (non-hydrogen) atoms. The number of anilines is 1. The van der Waals surface area contributed by atoms with Crippen molar-refractivity contribution in [3.8, 4) is 0 Å². The number of thioether (sulfide) groups is 1. The van der Waals surface area contributed by atoms with E-state index in [4.69, 9.17) is 0 Å². The first-order valence-electron chi connectivity index (χ1n) is 8.26. The number of nitrogens with one attached hydrogen (secondary N) is 1. The number of rotatable bonds is 6. The van der Waals surface area contributed by atoms with Crippen molar-refractivity contribution < 1.29 is 9.59 Å². The number of halogens is 1. The Kier molecular flexibility index (Phi) is 7.29. The molecular formula is C20H23BrN2O2S. The van der Waals surface area contributed by atoms with Crippen LogP contribution in [0.25, 0.3) is 0 Å². The number of nitrogens with zero attached hydrogens (tertiary/aromatic N) is 1. The molecule has 2 rings (SSSR count). The molecule has 0 heterocycles. The summed E-state index contributed by atoms with van der Waals surface area (Å²) in [6.45, 7) is 6.07. The van der Waals surface area contributed by atoms with Crippen molar-refractivity contribution in [2.75, 3.05) is 24.7 Å². The molecule has 0 aliphatic heterocycles. The molecule has 138 valence electrons. The molecule has 0 aliphatic carbocycles. The molecule has 0 radical (unpaired) electrons. The van der Waals surface area contributed by atoms with Crippen molar-refractivity contribution in [1.29, 1.82) is 0 Å². The molecule has 6 heteroatoms. The highest BCUT2D eigenvalue weighted by Crippen LogP contribution is 2.28. The Morgan fingerprint density at radius 3 is 2.38 bits per heavy atom. The predicted octanol–water partition coefficient (Wildman–Crippen LogP) is 4.56. The number of hydrogen-bond acceptors (Lipinski definition) is 3. The summed E-state index contributed by atoms with van der Waals surface area (Å²) in [6.07, 6.45) is 0. The average molecular weight is 435 g/mol. The minimum absolute atomic E-state index is 0.0334. The van der Waals surface area contributed by atoms with Gasteiger partial charge in [0.05, 0.1) is 12.3 Å². The topological polar surface area (TPSA) is 49.4 Å². The van der Waals surface area contributed by atoms with Gasteiger partial charge in [0, 0.05) is 22.1 Å². The molecule has 0 fully saturated rings. The summed E-state index contributed by atoms with van der Waals surface area (Å²) in [5.41, 5.74) is 4.12. The Balaban J connectivity index is 1.86. The van der Waals surface area contributed by atoms with Crippen LogP contribution in [0, 0.1) is 20.8 Å². The van der Waals surface area contributed by atoms with Gasteiger partial charge in [0.15, 0.2) is 0 Å². The van der Waals surface area contributed by atoms with Crippen LogP contribution in [0.3, 0.4) is 0 Å². The van der Waals surface area contributed by atoms with Crippen molar-refractivity contribution in [3.05, 3.63) is 57.6 Å². The second-order valence-corrected chi connectivity index (χ2v) is 8.19. The number of carbonyl (C=O) groups is 2. The molecule has 0 atom stereocenters. The van der Waals surface area contributed by atoms with E-state index in [0.29, 0.717) is 5.75 Å². The summed E-state index contributed by atoms with van der Waals surface area (Å²) >= 11 is 5.01. The first-order valence-corrected chi connectivity index (χ1v) is 10.0. The summed E-state index contributed by atoms with van der Waals surface area (Å²) in [5.74, 6) is 0.0235. The quantitative estimate of drug-likeness (QED) is 0.677. The molecule has 0 unspecified atom stereocenters. The van der Waals surface area contributed by atoms with E-state index in [-0.39, 0.29) is 18.4 Å². The second-order valence-electron chi connectivity index (χ2n) is 6.32. The van der Waals surface area contributed by atoms with Gasteiger partial charge < -0.3 is 10.2 Å². The van der Waals surface area contributed by atoms with Gasteiger partial charge in [-0.15, -0.1) is 11.8 Å². The first-order chi connectivity index (χ1) is 12.3. The highest BCUT2D eigenvalue weighted by Gasteiger charge is 2.14. The molecule has 0 aromatic heterocycles. The van der Waals surface area contributed by atoms with Crippen molar-refractivity contribution in [1.82, 2.24) is 4.90 Å². The minimum Gasteiger partial charge on any atom is -0.336 e. The molecule has 2 aromatic rings. The van der Waals surface area contributed by atoms with Crippen LogP contribution in [0.1, 0.15) is 16.7 Å². The largest absolute Gasteiger partial charge is 0.336 e. The molecule has 2 aromatic carbocycles. The van der Waals surface area contributed by atoms with Crippen LogP contribution in [-0.2, 0) is 9.59 Å². The summed E-state index contributed by atoms with van der Waals surface area (Å²) in [7, 11) is 1.65. The minimum atomic E-state index is -0.203. The average Bonchev–Trinajstić information content (AvgIpc) is 2.58. The maximum atomic E-state index is 12.3. The van der Waals surface area contributed by atoms with Crippen LogP contribution in [-0.4, -0.2) is 36.1 Å². The van der Waals surface area contributed by atoms with E-state index in [1.807, 2.05) is 45.0 Å². The van der Waals surface area contributed by atoms with Crippen molar-refractivity contribution in [2.45, 2.75) is 25.7 Å². The number of benzene rings is 2. The van der Waals surface area contributed by atoms with Gasteiger partial charge in [0.25, 0.3) is 0 Å². The summed E-state index contributed by atoms with van der Waals surface area (Å²) in [5, 5.41) is 2.81. The van der Waals surface area contributed by atoms with E-state index in [9.17, 15) is 9.59 Å². The third-order valence-electron chi connectivity index (χ3n) is 3.95. The zero-order valence-electron chi connectivity index (χ0n) is 15.4. The number of aryl methyl sites for hydroxylation is 3. The van der Waals surface area contributed by atoms with Crippen LogP contribution in [0.5, 0.6) is 0 Å². The second kappa shape index (κ2) is 9.24. The lowest BCUT2D eigenvalue weighted by molar-refractivity contribution is -0.131. The maximum absolute atomic E-state index is 12.3. The molecule has 0 bridgehead atoms. The van der Waals surface area contributed by atoms with Crippen molar-refractivity contribution in [2.24, 2.45) is 0 Å². The van der Waals surface area contributed by atoms with E-state index in [0.717, 1.165) is 31.7 Å². The van der Waals surface area contributed by atoms with Gasteiger partial charge in [0.2, 0.25) is 11.8 Å². The summed E-state index contributed by atoms with van der Waals surface area (Å²) < 4.78 is 1.07. The standard InChI is InChI=1S/C20H23BrN2O2S/c1-13-5-7-16(8-6-13)22-19(24)11-23(4)20(25)12-26-18-10-14(2)17(21)9-15(18)3/h5-10H,11-12H2,1-4H3,(H,22,24). The Morgan fingerprint density at radius 2 is 1.73 bits per heavy atom. The fourth-order valence-electron chi connectivity index (χ4n) is 2.30. The third kappa shape index (κ3) is 5.88. The highest BCUT2D eigenvalue weighted by molar-refractivity contribution is 9.10. The predicted molar refractivity (Wildman–Crippen MR) is 112 cm³/mol. The fourth-order valence-corrected chi connectivity index (χ4v) is 3.80. The molecule has 4 nitrogen and oxygen atoms in total. The zero-order valence-corrected chi connectivity index (χ0v) is 17.8. The molecule has 1 N–H and O–H groups in total. The van der Waals surface area contributed by atoms with Crippen LogP contribution in [0.4, 0.5) is 5.69 Å². The van der Waals surface area contributed by atoms with Gasteiger partial charge in [-0.2, -0.15) is 0 Å². The molecular weight excluding hydrogens is 412 g/mol. The van der Waals surface area contributed by atoms with Gasteiger partial charge in [0.1, 0.15) is 0 Å². The van der Waals surface area contributed by atoms with Crippen molar-refractivity contribution in [3.63, 3.8) is 0 Å². The van der Waals surface area contributed by atoms with Crippen LogP contribution in [0.2, 0.25) is 0 Å². The Hall–Kier alpha value is -1.79. The lowest BCUT2D eigenvalue weighted by atomic mass is 10.2. The van der Waals surface area contributed by atoms with Crippen LogP contribution >= 0.6 is 27.7 Å². The zero-order chi connectivity index (χ0) is 19.3. The number of hydrogen-bond donors (Lipinski definition) is 1. The Morgan fingerprint density at radius 1 is 1.08 bits per heavy atom. The fraction of sp³-hybridized carbons (Fsp3) is 0.300. The van der Waals surface area contributed by atoms with Gasteiger partial charge in [-0.3, -0.25) is 9.59 Å². The van der Waals surface area contributed by atoms with E-state index in [2.05, 4.69) is 33.4 Å². The van der Waals surface area contributed by atoms with Gasteiger partial charge in [-0.05, 0) is 56.2 Å². The SMILES string of the molecule is Cc1ccc(NC(=O)CN(C)C(=O)CSc2cc(C)c(Br)cc2C)cc1. The summed E-state index contributed by atoms with van der Waals surface area (Å²) in [4.78, 5) is 27.0. The number of amides is 2. The Bertz CT molecular complexity index is 806. The molecule has 0 spiro atoms. The van der Waals surface area contributed by atoms with E-state index < -0.39 is 0 Å². The van der Waals surface area contributed by atoms with Crippen LogP contribution in [0.15, 0.2) is 45.8 Å². The first kappa shape index (κ1) is 20.5. The van der Waals surface area contributed by atoms with E-state index >= 15 is 0 Å². The molecule has 0 saturated carbocycles. The monoisotopic (exact) mass is 434 g/mol. The molecule has 2 amide bonds. The van der Waals surface area contributed by atoms with Crippen molar-refractivity contribution >= 4 is 45.2 Å². The number of likely N-dealkylation sites (N-methyl/N-ethyl adjacent to an activating group) is 1. The van der Waals surface area contributed by atoms with E-state index in [1.165, 1.54) is 16.7 Å². The lowest BCUT2D eigenvalue weighted by Gasteiger charge is -2.17. The normalized spacial score (nSPS) is 10.5. The summed E-state index contributed by atoms with van der Waals surface area (Å²) in [6, 6.07) is 11.7. The van der Waals surface area contributed by atoms with Gasteiger partial charge in [-0.1, -0.05) is 33.6 Å². The molecule has 0 saturated heterocycles. The van der Waals surface area contributed by atoms with Gasteiger partial charge >= 0.3 is 0 Å². The highest BCUT2D eigenvalue weighted by atomic mass is 79.9. The third-order valence-corrected chi connectivity index (χ3v) is 5.95. The van der Waals surface area contributed by atoms with Gasteiger partial charge in [-0.25, -0.2) is 0 Å². The number of carbonyl (C=O) groups excluding carboxylic acids is 2.